The molecule has 0 atom stereocenters. The van der Waals surface area contributed by atoms with E-state index in [1.54, 1.807) is 30.3 Å². The van der Waals surface area contributed by atoms with Crippen LogP contribution in [-0.4, -0.2) is 17.3 Å². The molecule has 0 aliphatic carbocycles. The average molecular weight is 245 g/mol. The number of halogens is 3. The summed E-state index contributed by atoms with van der Waals surface area (Å²) in [5.74, 6) is -2.00. The molecule has 92 valence electrons. The maximum absolute atomic E-state index is 12.2. The van der Waals surface area contributed by atoms with Crippen LogP contribution in [0.5, 0.6) is 0 Å². The van der Waals surface area contributed by atoms with E-state index >= 15 is 0 Å². The van der Waals surface area contributed by atoms with E-state index in [-0.39, 0.29) is 6.54 Å². The van der Waals surface area contributed by atoms with Gasteiger partial charge in [-0.3, -0.25) is 0 Å². The molecule has 2 N–H and O–H groups in total. The molecule has 17 heavy (non-hydrogen) atoms. The third-order valence-corrected chi connectivity index (χ3v) is 1.93. The molecule has 0 bridgehead atoms. The number of benzene rings is 1. The number of hydrogen-bond acceptors (Lipinski definition) is 2. The summed E-state index contributed by atoms with van der Waals surface area (Å²) in [6.07, 6.45) is -4.40. The van der Waals surface area contributed by atoms with Crippen LogP contribution in [-0.2, 0) is 11.3 Å². The quantitative estimate of drug-likeness (QED) is 0.800. The van der Waals surface area contributed by atoms with Gasteiger partial charge in [0.25, 0.3) is 0 Å². The molecule has 1 aromatic rings. The first-order valence-electron chi connectivity index (χ1n) is 4.69. The Hall–Kier alpha value is -1.98. The van der Waals surface area contributed by atoms with Crippen LogP contribution in [0, 0.1) is 0 Å². The molecule has 0 heterocycles. The van der Waals surface area contributed by atoms with Crippen molar-refractivity contribution in [2.45, 2.75) is 12.7 Å². The van der Waals surface area contributed by atoms with Crippen LogP contribution in [0.25, 0.3) is 0 Å². The van der Waals surface area contributed by atoms with Gasteiger partial charge in [0, 0.05) is 12.7 Å². The topological polar surface area (TPSA) is 49.3 Å². The lowest BCUT2D eigenvalue weighted by atomic mass is 10.2. The number of aliphatic carboxylic acids is 1. The fraction of sp³-hybridized carbons (Fsp3) is 0.182. The van der Waals surface area contributed by atoms with E-state index in [9.17, 15) is 18.0 Å². The van der Waals surface area contributed by atoms with Crippen molar-refractivity contribution in [3.63, 3.8) is 0 Å². The summed E-state index contributed by atoms with van der Waals surface area (Å²) >= 11 is 0. The predicted octanol–water partition coefficient (Wildman–Crippen LogP) is 2.31. The maximum Gasteiger partial charge on any atom is 0.424 e. The minimum Gasteiger partial charge on any atom is -0.478 e. The number of carboxylic acid groups (broad SMARTS) is 1. The third kappa shape index (κ3) is 4.18. The number of alkyl halides is 3. The molecule has 0 aliphatic rings. The molecule has 0 radical (unpaired) electrons. The van der Waals surface area contributed by atoms with Crippen molar-refractivity contribution >= 4 is 5.97 Å². The maximum atomic E-state index is 12.2. The summed E-state index contributed by atoms with van der Waals surface area (Å²) in [4.78, 5) is 10.4. The van der Waals surface area contributed by atoms with Gasteiger partial charge in [0.1, 0.15) is 0 Å². The highest BCUT2D eigenvalue weighted by Crippen LogP contribution is 2.24. The third-order valence-electron chi connectivity index (χ3n) is 1.93. The molecule has 1 aromatic carbocycles. The van der Waals surface area contributed by atoms with Gasteiger partial charge in [0.05, 0.1) is 0 Å². The second-order valence-electron chi connectivity index (χ2n) is 3.23. The lowest BCUT2D eigenvalue weighted by molar-refractivity contribution is -0.144. The Morgan fingerprint density at radius 1 is 1.29 bits per heavy atom. The summed E-state index contributed by atoms with van der Waals surface area (Å²) < 4.78 is 36.6. The first kappa shape index (κ1) is 13.1. The monoisotopic (exact) mass is 245 g/mol. The first-order chi connectivity index (χ1) is 7.91. The molecule has 0 saturated heterocycles. The Bertz CT molecular complexity index is 412. The van der Waals surface area contributed by atoms with Crippen molar-refractivity contribution in [1.82, 2.24) is 5.32 Å². The van der Waals surface area contributed by atoms with Gasteiger partial charge in [-0.2, -0.15) is 13.2 Å². The highest BCUT2D eigenvalue weighted by atomic mass is 19.4. The van der Waals surface area contributed by atoms with Crippen LogP contribution in [0.2, 0.25) is 0 Å². The molecule has 0 fully saturated rings. The lowest BCUT2D eigenvalue weighted by Crippen LogP contribution is -2.22. The SMILES string of the molecule is O=C(O)/C(=C\NCc1ccccc1)C(F)(F)F. The van der Waals surface area contributed by atoms with Crippen molar-refractivity contribution in [2.75, 3.05) is 0 Å². The van der Waals surface area contributed by atoms with Crippen LogP contribution < -0.4 is 5.32 Å². The van der Waals surface area contributed by atoms with Crippen LogP contribution in [0.3, 0.4) is 0 Å². The van der Waals surface area contributed by atoms with Crippen molar-refractivity contribution < 1.29 is 23.1 Å². The zero-order valence-electron chi connectivity index (χ0n) is 8.66. The van der Waals surface area contributed by atoms with Gasteiger partial charge in [-0.15, -0.1) is 0 Å². The molecule has 0 spiro atoms. The van der Waals surface area contributed by atoms with Gasteiger partial charge < -0.3 is 10.4 Å². The van der Waals surface area contributed by atoms with Crippen molar-refractivity contribution in [3.05, 3.63) is 47.7 Å². The number of hydrogen-bond donors (Lipinski definition) is 2. The number of carboxylic acids is 1. The first-order valence-corrected chi connectivity index (χ1v) is 4.69. The fourth-order valence-electron chi connectivity index (χ4n) is 1.13. The summed E-state index contributed by atoms with van der Waals surface area (Å²) in [6.45, 7) is 0.133. The van der Waals surface area contributed by atoms with Gasteiger partial charge >= 0.3 is 12.1 Å². The zero-order valence-corrected chi connectivity index (χ0v) is 8.66. The predicted molar refractivity (Wildman–Crippen MR) is 55.1 cm³/mol. The lowest BCUT2D eigenvalue weighted by Gasteiger charge is -2.08. The van der Waals surface area contributed by atoms with E-state index in [0.717, 1.165) is 5.56 Å². The Kier molecular flexibility index (Phi) is 4.14. The van der Waals surface area contributed by atoms with E-state index in [1.807, 2.05) is 0 Å². The highest BCUT2D eigenvalue weighted by Gasteiger charge is 2.38. The summed E-state index contributed by atoms with van der Waals surface area (Å²) in [5, 5.41) is 10.7. The molecule has 0 amide bonds. The molecular formula is C11H10F3NO2. The molecule has 0 unspecified atom stereocenters. The molecule has 0 aliphatic heterocycles. The molecular weight excluding hydrogens is 235 g/mol. The van der Waals surface area contributed by atoms with Gasteiger partial charge in [0.2, 0.25) is 0 Å². The summed E-state index contributed by atoms with van der Waals surface area (Å²) in [6, 6.07) is 8.69. The zero-order chi connectivity index (χ0) is 12.9. The van der Waals surface area contributed by atoms with E-state index in [1.165, 1.54) is 0 Å². The summed E-state index contributed by atoms with van der Waals surface area (Å²) in [7, 11) is 0. The van der Waals surface area contributed by atoms with Crippen molar-refractivity contribution in [3.8, 4) is 0 Å². The van der Waals surface area contributed by atoms with Gasteiger partial charge in [0.15, 0.2) is 5.57 Å². The van der Waals surface area contributed by atoms with Crippen LogP contribution in [0.1, 0.15) is 5.56 Å². The fourth-order valence-corrected chi connectivity index (χ4v) is 1.13. The van der Waals surface area contributed by atoms with Crippen molar-refractivity contribution in [1.29, 1.82) is 0 Å². The Morgan fingerprint density at radius 3 is 2.35 bits per heavy atom. The van der Waals surface area contributed by atoms with Gasteiger partial charge in [-0.25, -0.2) is 4.79 Å². The van der Waals surface area contributed by atoms with Crippen LogP contribution >= 0.6 is 0 Å². The molecule has 0 saturated carbocycles. The van der Waals surface area contributed by atoms with E-state index in [2.05, 4.69) is 5.32 Å². The second kappa shape index (κ2) is 5.38. The van der Waals surface area contributed by atoms with Crippen molar-refractivity contribution in [2.24, 2.45) is 0 Å². The minimum absolute atomic E-state index is 0.133. The Balaban J connectivity index is 2.66. The van der Waals surface area contributed by atoms with Gasteiger partial charge in [-0.05, 0) is 5.56 Å². The Morgan fingerprint density at radius 2 is 1.88 bits per heavy atom. The number of rotatable bonds is 4. The van der Waals surface area contributed by atoms with E-state index in [4.69, 9.17) is 5.11 Å². The van der Waals surface area contributed by atoms with E-state index in [0.29, 0.717) is 6.20 Å². The summed E-state index contributed by atoms with van der Waals surface area (Å²) in [5.41, 5.74) is -0.857. The molecule has 6 heteroatoms. The molecule has 3 nitrogen and oxygen atoms in total. The minimum atomic E-state index is -4.87. The largest absolute Gasteiger partial charge is 0.478 e. The number of carbonyl (C=O) groups is 1. The van der Waals surface area contributed by atoms with E-state index < -0.39 is 17.7 Å². The molecule has 1 rings (SSSR count). The normalized spacial score (nSPS) is 12.3. The Labute approximate surface area is 95.6 Å². The smallest absolute Gasteiger partial charge is 0.424 e. The standard InChI is InChI=1S/C11H10F3NO2/c12-11(13,14)9(10(16)17)7-15-6-8-4-2-1-3-5-8/h1-5,7,15H,6H2,(H,16,17)/b9-7+. The second-order valence-corrected chi connectivity index (χ2v) is 3.23. The van der Waals surface area contributed by atoms with Crippen LogP contribution in [0.15, 0.2) is 42.1 Å². The average Bonchev–Trinajstić information content (AvgIpc) is 2.23. The van der Waals surface area contributed by atoms with Gasteiger partial charge in [-0.1, -0.05) is 30.3 Å². The molecule has 0 aromatic heterocycles. The number of nitrogens with one attached hydrogen (secondary N) is 1. The highest BCUT2D eigenvalue weighted by molar-refractivity contribution is 5.87. The van der Waals surface area contributed by atoms with Crippen LogP contribution in [0.4, 0.5) is 13.2 Å².